The van der Waals surface area contributed by atoms with Crippen LogP contribution in [-0.2, 0) is 6.54 Å². The smallest absolute Gasteiger partial charge is 0.261 e. The van der Waals surface area contributed by atoms with Gasteiger partial charge < -0.3 is 9.80 Å². The zero-order valence-corrected chi connectivity index (χ0v) is 22.5. The minimum Gasteiger partial charge on any atom is -0.328 e. The van der Waals surface area contributed by atoms with Crippen molar-refractivity contribution in [2.24, 2.45) is 0 Å². The highest BCUT2D eigenvalue weighted by molar-refractivity contribution is 5.94. The van der Waals surface area contributed by atoms with Crippen LogP contribution in [0.15, 0.2) is 77.6 Å². The van der Waals surface area contributed by atoms with Crippen LogP contribution in [0.5, 0.6) is 0 Å². The molecule has 0 bridgehead atoms. The topological polar surface area (TPSA) is 58.4 Å². The number of aryl methyl sites for hydroxylation is 1. The summed E-state index contributed by atoms with van der Waals surface area (Å²) in [6.07, 6.45) is 1.30. The molecule has 0 saturated carbocycles. The van der Waals surface area contributed by atoms with E-state index in [0.717, 1.165) is 24.1 Å². The molecule has 1 amide bonds. The number of carbonyl (C=O) groups excluding carboxylic acids is 1. The Hall–Kier alpha value is -3.84. The second-order valence-corrected chi connectivity index (χ2v) is 9.95. The molecule has 4 rings (SSSR count). The van der Waals surface area contributed by atoms with Gasteiger partial charge in [-0.05, 0) is 70.2 Å². The van der Waals surface area contributed by atoms with E-state index in [2.05, 4.69) is 4.90 Å². The molecule has 4 aromatic rings. The maximum atomic E-state index is 14.2. The Balaban J connectivity index is 1.87. The number of carbonyl (C=O) groups is 1. The highest BCUT2D eigenvalue weighted by atomic mass is 19.1. The van der Waals surface area contributed by atoms with Gasteiger partial charge in [0, 0.05) is 18.2 Å². The van der Waals surface area contributed by atoms with Gasteiger partial charge in [0.15, 0.2) is 0 Å². The van der Waals surface area contributed by atoms with Crippen LogP contribution in [0, 0.1) is 12.7 Å². The molecular formula is C31H35FN4O2. The largest absolute Gasteiger partial charge is 0.328 e. The predicted molar refractivity (Wildman–Crippen MR) is 150 cm³/mol. The van der Waals surface area contributed by atoms with Crippen molar-refractivity contribution in [1.82, 2.24) is 19.4 Å². The van der Waals surface area contributed by atoms with E-state index in [9.17, 15) is 14.0 Å². The van der Waals surface area contributed by atoms with E-state index in [-0.39, 0.29) is 11.5 Å². The second-order valence-electron chi connectivity index (χ2n) is 9.95. The Morgan fingerprint density at radius 2 is 1.71 bits per heavy atom. The third-order valence-corrected chi connectivity index (χ3v) is 6.76. The van der Waals surface area contributed by atoms with Crippen LogP contribution in [0.1, 0.15) is 53.1 Å². The van der Waals surface area contributed by atoms with Gasteiger partial charge in [-0.3, -0.25) is 14.2 Å². The Morgan fingerprint density at radius 3 is 2.37 bits per heavy atom. The highest BCUT2D eigenvalue weighted by Gasteiger charge is 2.29. The summed E-state index contributed by atoms with van der Waals surface area (Å²) in [6.45, 7) is 5.57. The van der Waals surface area contributed by atoms with Gasteiger partial charge in [-0.2, -0.15) is 0 Å². The molecule has 0 aliphatic carbocycles. The van der Waals surface area contributed by atoms with Gasteiger partial charge in [-0.15, -0.1) is 0 Å². The molecule has 0 saturated heterocycles. The lowest BCUT2D eigenvalue weighted by Gasteiger charge is -2.33. The van der Waals surface area contributed by atoms with Crippen LogP contribution in [0.2, 0.25) is 0 Å². The zero-order valence-electron chi connectivity index (χ0n) is 22.5. The van der Waals surface area contributed by atoms with E-state index in [1.165, 1.54) is 18.2 Å². The average molecular weight is 515 g/mol. The summed E-state index contributed by atoms with van der Waals surface area (Å²) in [5, 5.41) is 0.352. The third-order valence-electron chi connectivity index (χ3n) is 6.76. The first kappa shape index (κ1) is 27.2. The summed E-state index contributed by atoms with van der Waals surface area (Å²) in [6, 6.07) is 20.8. The van der Waals surface area contributed by atoms with Crippen molar-refractivity contribution in [3.05, 3.63) is 111 Å². The van der Waals surface area contributed by atoms with Crippen LogP contribution in [0.4, 0.5) is 4.39 Å². The minimum absolute atomic E-state index is 0.115. The molecule has 1 unspecified atom stereocenters. The normalized spacial score (nSPS) is 12.2. The number of halogens is 1. The Kier molecular flexibility index (Phi) is 8.69. The summed E-state index contributed by atoms with van der Waals surface area (Å²) in [4.78, 5) is 36.4. The molecule has 7 heteroatoms. The van der Waals surface area contributed by atoms with Gasteiger partial charge in [-0.25, -0.2) is 9.37 Å². The van der Waals surface area contributed by atoms with Crippen molar-refractivity contribution in [3.8, 4) is 0 Å². The van der Waals surface area contributed by atoms with Crippen molar-refractivity contribution in [2.45, 2.75) is 39.3 Å². The first-order valence-corrected chi connectivity index (χ1v) is 13.0. The first-order valence-electron chi connectivity index (χ1n) is 13.0. The Bertz CT molecular complexity index is 1450. The lowest BCUT2D eigenvalue weighted by atomic mass is 10.1. The number of fused-ring (bicyclic) bond motifs is 1. The fourth-order valence-corrected chi connectivity index (χ4v) is 4.75. The molecule has 38 heavy (non-hydrogen) atoms. The predicted octanol–water partition coefficient (Wildman–Crippen LogP) is 5.44. The molecule has 1 atom stereocenters. The zero-order chi connectivity index (χ0) is 27.2. The second kappa shape index (κ2) is 12.1. The number of hydrogen-bond donors (Lipinski definition) is 0. The average Bonchev–Trinajstić information content (AvgIpc) is 2.90. The third kappa shape index (κ3) is 6.17. The molecule has 0 aliphatic rings. The molecule has 0 aliphatic heterocycles. The van der Waals surface area contributed by atoms with Gasteiger partial charge >= 0.3 is 0 Å². The summed E-state index contributed by atoms with van der Waals surface area (Å²) >= 11 is 0. The molecule has 6 nitrogen and oxygen atoms in total. The summed E-state index contributed by atoms with van der Waals surface area (Å²) in [5.74, 6) is -0.108. The number of benzene rings is 3. The summed E-state index contributed by atoms with van der Waals surface area (Å²) < 4.78 is 15.8. The first-order chi connectivity index (χ1) is 18.3. The van der Waals surface area contributed by atoms with E-state index in [0.29, 0.717) is 41.8 Å². The van der Waals surface area contributed by atoms with Gasteiger partial charge in [0.05, 0.1) is 23.5 Å². The number of rotatable bonds is 10. The highest BCUT2D eigenvalue weighted by Crippen LogP contribution is 2.27. The van der Waals surface area contributed by atoms with Crippen molar-refractivity contribution in [3.63, 3.8) is 0 Å². The fraction of sp³-hybridized carbons (Fsp3) is 0.323. The Morgan fingerprint density at radius 1 is 1.00 bits per heavy atom. The summed E-state index contributed by atoms with van der Waals surface area (Å²) in [7, 11) is 4.00. The summed E-state index contributed by atoms with van der Waals surface area (Å²) in [5.41, 5.74) is 2.65. The van der Waals surface area contributed by atoms with Crippen molar-refractivity contribution in [1.29, 1.82) is 0 Å². The van der Waals surface area contributed by atoms with Crippen LogP contribution in [0.25, 0.3) is 10.9 Å². The van der Waals surface area contributed by atoms with E-state index < -0.39 is 11.9 Å². The van der Waals surface area contributed by atoms with Crippen molar-refractivity contribution in [2.75, 3.05) is 27.2 Å². The van der Waals surface area contributed by atoms with Crippen LogP contribution < -0.4 is 5.56 Å². The molecule has 3 aromatic carbocycles. The fourth-order valence-electron chi connectivity index (χ4n) is 4.75. The van der Waals surface area contributed by atoms with Crippen LogP contribution in [0.3, 0.4) is 0 Å². The molecule has 0 fully saturated rings. The van der Waals surface area contributed by atoms with E-state index in [1.807, 2.05) is 87.4 Å². The van der Waals surface area contributed by atoms with Crippen molar-refractivity contribution >= 4 is 16.8 Å². The van der Waals surface area contributed by atoms with Crippen LogP contribution >= 0.6 is 0 Å². The monoisotopic (exact) mass is 514 g/mol. The number of hydrogen-bond acceptors (Lipinski definition) is 4. The molecular weight excluding hydrogens is 479 g/mol. The molecule has 1 aromatic heterocycles. The van der Waals surface area contributed by atoms with Gasteiger partial charge in [0.2, 0.25) is 0 Å². The Labute approximate surface area is 223 Å². The molecule has 0 spiro atoms. The molecule has 0 N–H and O–H groups in total. The SMILES string of the molecule is CCC(c1nc2cc(F)ccc2c(=O)n1Cc1ccccc1)N(CCCN(C)C)C(=O)c1ccc(C)cc1. The minimum atomic E-state index is -0.477. The van der Waals surface area contributed by atoms with Crippen molar-refractivity contribution < 1.29 is 9.18 Å². The number of amides is 1. The molecule has 1 heterocycles. The number of aromatic nitrogens is 2. The maximum Gasteiger partial charge on any atom is 0.261 e. The lowest BCUT2D eigenvalue weighted by molar-refractivity contribution is 0.0649. The van der Waals surface area contributed by atoms with Gasteiger partial charge in [0.25, 0.3) is 11.5 Å². The standard InChI is InChI=1S/C31H35FN4O2/c1-5-28(35(19-9-18-34(3)4)30(37)24-14-12-22(2)13-15-24)29-33-27-20-25(32)16-17-26(27)31(38)36(29)21-23-10-7-6-8-11-23/h6-8,10-17,20,28H,5,9,18-19,21H2,1-4H3. The maximum absolute atomic E-state index is 14.2. The van der Waals surface area contributed by atoms with Gasteiger partial charge in [0.1, 0.15) is 11.6 Å². The lowest BCUT2D eigenvalue weighted by Crippen LogP contribution is -2.40. The van der Waals surface area contributed by atoms with Crippen LogP contribution in [-0.4, -0.2) is 52.4 Å². The van der Waals surface area contributed by atoms with E-state index in [4.69, 9.17) is 4.98 Å². The van der Waals surface area contributed by atoms with Gasteiger partial charge in [-0.1, -0.05) is 55.0 Å². The quantitative estimate of drug-likeness (QED) is 0.283. The van der Waals surface area contributed by atoms with E-state index >= 15 is 0 Å². The molecule has 198 valence electrons. The van der Waals surface area contributed by atoms with E-state index in [1.54, 1.807) is 4.57 Å². The number of nitrogens with zero attached hydrogens (tertiary/aromatic N) is 4. The molecule has 0 radical (unpaired) electrons.